The van der Waals surface area contributed by atoms with E-state index in [0.29, 0.717) is 5.92 Å². The molecule has 21 heavy (non-hydrogen) atoms. The summed E-state index contributed by atoms with van der Waals surface area (Å²) in [5.74, 6) is 1.26. The third kappa shape index (κ3) is 6.79. The fourth-order valence-electron chi connectivity index (χ4n) is 2.33. The molecule has 118 valence electrons. The molecule has 1 unspecified atom stereocenters. The highest BCUT2D eigenvalue weighted by Gasteiger charge is 2.22. The third-order valence-corrected chi connectivity index (χ3v) is 4.16. The molecule has 0 amide bonds. The van der Waals surface area contributed by atoms with Crippen LogP contribution in [0.4, 0.5) is 0 Å². The average molecular weight is 312 g/mol. The van der Waals surface area contributed by atoms with Gasteiger partial charge in [-0.25, -0.2) is 0 Å². The van der Waals surface area contributed by atoms with Gasteiger partial charge in [0.1, 0.15) is 0 Å². The van der Waals surface area contributed by atoms with Crippen LogP contribution in [0.3, 0.4) is 0 Å². The van der Waals surface area contributed by atoms with Gasteiger partial charge in [-0.05, 0) is 42.7 Å². The molecule has 0 heterocycles. The van der Waals surface area contributed by atoms with Gasteiger partial charge in [0.2, 0.25) is 0 Å². The van der Waals surface area contributed by atoms with E-state index in [-0.39, 0.29) is 0 Å². The summed E-state index contributed by atoms with van der Waals surface area (Å²) in [6, 6.07) is 8.08. The SMILES string of the molecule is COCCNCC(COCC1CC1)Cc1ccccc1Cl. The molecule has 1 aliphatic carbocycles. The fraction of sp³-hybridized carbons (Fsp3) is 0.647. The molecule has 1 aromatic rings. The van der Waals surface area contributed by atoms with Crippen molar-refractivity contribution in [1.29, 1.82) is 0 Å². The number of benzene rings is 1. The zero-order chi connectivity index (χ0) is 14.9. The van der Waals surface area contributed by atoms with Gasteiger partial charge in [-0.2, -0.15) is 0 Å². The number of methoxy groups -OCH3 is 1. The molecule has 0 spiro atoms. The Kier molecular flexibility index (Phi) is 7.51. The summed E-state index contributed by atoms with van der Waals surface area (Å²) in [5, 5.41) is 4.28. The molecule has 1 saturated carbocycles. The van der Waals surface area contributed by atoms with Crippen LogP contribution in [0.15, 0.2) is 24.3 Å². The van der Waals surface area contributed by atoms with Gasteiger partial charge >= 0.3 is 0 Å². The third-order valence-electron chi connectivity index (χ3n) is 3.79. The minimum atomic E-state index is 0.445. The summed E-state index contributed by atoms with van der Waals surface area (Å²) < 4.78 is 10.9. The minimum Gasteiger partial charge on any atom is -0.383 e. The van der Waals surface area contributed by atoms with Gasteiger partial charge in [0.05, 0.1) is 13.2 Å². The van der Waals surface area contributed by atoms with E-state index in [2.05, 4.69) is 11.4 Å². The van der Waals surface area contributed by atoms with E-state index in [4.69, 9.17) is 21.1 Å². The van der Waals surface area contributed by atoms with Gasteiger partial charge in [-0.3, -0.25) is 0 Å². The van der Waals surface area contributed by atoms with Gasteiger partial charge < -0.3 is 14.8 Å². The molecule has 1 N–H and O–H groups in total. The van der Waals surface area contributed by atoms with Crippen LogP contribution in [0.25, 0.3) is 0 Å². The molecule has 3 nitrogen and oxygen atoms in total. The lowest BCUT2D eigenvalue weighted by Gasteiger charge is -2.18. The highest BCUT2D eigenvalue weighted by molar-refractivity contribution is 6.31. The van der Waals surface area contributed by atoms with Crippen LogP contribution >= 0.6 is 11.6 Å². The lowest BCUT2D eigenvalue weighted by molar-refractivity contribution is 0.0898. The number of halogens is 1. The van der Waals surface area contributed by atoms with Crippen molar-refractivity contribution in [2.45, 2.75) is 19.3 Å². The summed E-state index contributed by atoms with van der Waals surface area (Å²) in [6.45, 7) is 4.25. The topological polar surface area (TPSA) is 30.5 Å². The summed E-state index contributed by atoms with van der Waals surface area (Å²) in [6.07, 6.45) is 3.62. The smallest absolute Gasteiger partial charge is 0.0587 e. The van der Waals surface area contributed by atoms with Crippen molar-refractivity contribution in [3.8, 4) is 0 Å². The van der Waals surface area contributed by atoms with E-state index in [1.807, 2.05) is 18.2 Å². The van der Waals surface area contributed by atoms with Crippen molar-refractivity contribution in [2.24, 2.45) is 11.8 Å². The van der Waals surface area contributed by atoms with Gasteiger partial charge in [-0.1, -0.05) is 29.8 Å². The van der Waals surface area contributed by atoms with Crippen LogP contribution in [0.2, 0.25) is 5.02 Å². The van der Waals surface area contributed by atoms with Gasteiger partial charge in [-0.15, -0.1) is 0 Å². The van der Waals surface area contributed by atoms with Crippen molar-refractivity contribution in [2.75, 3.05) is 40.0 Å². The van der Waals surface area contributed by atoms with E-state index < -0.39 is 0 Å². The number of ether oxygens (including phenoxy) is 2. The van der Waals surface area contributed by atoms with Gasteiger partial charge in [0.25, 0.3) is 0 Å². The minimum absolute atomic E-state index is 0.445. The Balaban J connectivity index is 1.79. The Bertz CT molecular complexity index is 410. The first-order chi connectivity index (χ1) is 10.3. The second-order valence-electron chi connectivity index (χ2n) is 5.84. The Morgan fingerprint density at radius 2 is 2.14 bits per heavy atom. The first-order valence-electron chi connectivity index (χ1n) is 7.80. The normalized spacial score (nSPS) is 16.1. The molecule has 0 bridgehead atoms. The van der Waals surface area contributed by atoms with Gasteiger partial charge in [0.15, 0.2) is 0 Å². The van der Waals surface area contributed by atoms with Crippen molar-refractivity contribution in [3.63, 3.8) is 0 Å². The molecule has 2 rings (SSSR count). The van der Waals surface area contributed by atoms with E-state index in [1.54, 1.807) is 7.11 Å². The van der Waals surface area contributed by atoms with Crippen molar-refractivity contribution >= 4 is 11.6 Å². The molecule has 0 saturated heterocycles. The highest BCUT2D eigenvalue weighted by atomic mass is 35.5. The highest BCUT2D eigenvalue weighted by Crippen LogP contribution is 2.29. The van der Waals surface area contributed by atoms with Gasteiger partial charge in [0, 0.05) is 31.8 Å². The van der Waals surface area contributed by atoms with Crippen LogP contribution in [-0.2, 0) is 15.9 Å². The zero-order valence-electron chi connectivity index (χ0n) is 12.8. The first kappa shape index (κ1) is 16.8. The Labute approximate surface area is 133 Å². The maximum Gasteiger partial charge on any atom is 0.0587 e. The number of rotatable bonds is 11. The molecule has 1 atom stereocenters. The Morgan fingerprint density at radius 3 is 2.86 bits per heavy atom. The molecule has 0 aromatic heterocycles. The van der Waals surface area contributed by atoms with Crippen molar-refractivity contribution in [1.82, 2.24) is 5.32 Å². The molecule has 1 fully saturated rings. The van der Waals surface area contributed by atoms with Crippen LogP contribution in [0.5, 0.6) is 0 Å². The second kappa shape index (κ2) is 9.42. The lowest BCUT2D eigenvalue weighted by Crippen LogP contribution is -2.30. The lowest BCUT2D eigenvalue weighted by atomic mass is 10.00. The Morgan fingerprint density at radius 1 is 1.33 bits per heavy atom. The summed E-state index contributed by atoms with van der Waals surface area (Å²) in [5.41, 5.74) is 1.20. The van der Waals surface area contributed by atoms with E-state index in [0.717, 1.165) is 50.3 Å². The van der Waals surface area contributed by atoms with Crippen LogP contribution in [-0.4, -0.2) is 40.0 Å². The summed E-state index contributed by atoms with van der Waals surface area (Å²) in [7, 11) is 1.72. The number of hydrogen-bond donors (Lipinski definition) is 1. The maximum absolute atomic E-state index is 6.27. The molecule has 1 aliphatic rings. The second-order valence-corrected chi connectivity index (χ2v) is 6.25. The predicted molar refractivity (Wildman–Crippen MR) is 86.9 cm³/mol. The van der Waals surface area contributed by atoms with Crippen LogP contribution in [0.1, 0.15) is 18.4 Å². The van der Waals surface area contributed by atoms with Crippen molar-refractivity contribution < 1.29 is 9.47 Å². The van der Waals surface area contributed by atoms with Crippen LogP contribution in [0, 0.1) is 11.8 Å². The van der Waals surface area contributed by atoms with E-state index >= 15 is 0 Å². The number of hydrogen-bond acceptors (Lipinski definition) is 3. The molecule has 4 heteroatoms. The average Bonchev–Trinajstić information content (AvgIpc) is 3.30. The largest absolute Gasteiger partial charge is 0.383 e. The zero-order valence-corrected chi connectivity index (χ0v) is 13.6. The quantitative estimate of drug-likeness (QED) is 0.637. The van der Waals surface area contributed by atoms with E-state index in [9.17, 15) is 0 Å². The Hall–Kier alpha value is -0.610. The first-order valence-corrected chi connectivity index (χ1v) is 8.18. The van der Waals surface area contributed by atoms with Crippen molar-refractivity contribution in [3.05, 3.63) is 34.9 Å². The number of nitrogens with one attached hydrogen (secondary N) is 1. The molecule has 0 aliphatic heterocycles. The summed E-state index contributed by atoms with van der Waals surface area (Å²) in [4.78, 5) is 0. The van der Waals surface area contributed by atoms with E-state index in [1.165, 1.54) is 18.4 Å². The molecular formula is C17H26ClNO2. The molecular weight excluding hydrogens is 286 g/mol. The molecule has 1 aromatic carbocycles. The predicted octanol–water partition coefficient (Wildman–Crippen LogP) is 3.16. The maximum atomic E-state index is 6.27. The van der Waals surface area contributed by atoms with Crippen LogP contribution < -0.4 is 5.32 Å². The standard InChI is InChI=1S/C17H26ClNO2/c1-20-9-8-19-11-15(13-21-12-14-6-7-14)10-16-4-2-3-5-17(16)18/h2-5,14-15,19H,6-13H2,1H3. The fourth-order valence-corrected chi connectivity index (χ4v) is 2.54. The summed E-state index contributed by atoms with van der Waals surface area (Å²) >= 11 is 6.27. The molecule has 0 radical (unpaired) electrons. The monoisotopic (exact) mass is 311 g/mol.